The van der Waals surface area contributed by atoms with Crippen molar-refractivity contribution in [2.75, 3.05) is 25.7 Å². The average Bonchev–Trinajstić information content (AvgIpc) is 2.55. The molecular formula is C16H18BrClN5OP. The fraction of sp³-hybridized carbons (Fsp3) is 0.188. The Balaban J connectivity index is 2.55. The molecule has 1 aromatic heterocycles. The minimum absolute atomic E-state index is 0.118. The number of aromatic nitrogens is 2. The first-order valence-corrected chi connectivity index (χ1v) is 11.0. The second-order valence-electron chi connectivity index (χ2n) is 5.55. The molecule has 0 atom stereocenters. The number of aliphatic imine (C=N–C) groups is 1. The van der Waals surface area contributed by atoms with Crippen molar-refractivity contribution in [3.63, 3.8) is 0 Å². The highest BCUT2D eigenvalue weighted by Gasteiger charge is 2.19. The third-order valence-corrected chi connectivity index (χ3v) is 5.62. The molecule has 3 N–H and O–H groups in total. The molecule has 0 fully saturated rings. The van der Waals surface area contributed by atoms with Crippen LogP contribution in [-0.4, -0.2) is 36.6 Å². The zero-order valence-electron chi connectivity index (χ0n) is 14.0. The lowest BCUT2D eigenvalue weighted by Gasteiger charge is -2.17. The monoisotopic (exact) mass is 441 g/mol. The van der Waals surface area contributed by atoms with Crippen LogP contribution in [0.25, 0.3) is 5.57 Å². The van der Waals surface area contributed by atoms with Gasteiger partial charge in [-0.05, 0) is 58.6 Å². The molecule has 2 rings (SSSR count). The van der Waals surface area contributed by atoms with Crippen LogP contribution in [0.15, 0.2) is 40.1 Å². The van der Waals surface area contributed by atoms with Gasteiger partial charge in [0.1, 0.15) is 13.0 Å². The van der Waals surface area contributed by atoms with Gasteiger partial charge in [0.25, 0.3) is 0 Å². The predicted molar refractivity (Wildman–Crippen MR) is 110 cm³/mol. The molecule has 2 aromatic rings. The maximum atomic E-state index is 12.8. The minimum Gasteiger partial charge on any atom is -0.404 e. The van der Waals surface area contributed by atoms with Crippen molar-refractivity contribution in [2.45, 2.75) is 0 Å². The van der Waals surface area contributed by atoms with E-state index in [9.17, 15) is 4.57 Å². The Morgan fingerprint density at radius 1 is 1.44 bits per heavy atom. The maximum absolute atomic E-state index is 12.8. The number of nitrogens with zero attached hydrogens (tertiary/aromatic N) is 3. The SMILES string of the molecule is CN=CC(=CN)c1ccc(Nc2nc(Cl)ncc2Br)c(P(C)(C)=O)c1. The summed E-state index contributed by atoms with van der Waals surface area (Å²) in [5.74, 6) is 0.493. The summed E-state index contributed by atoms with van der Waals surface area (Å²) >= 11 is 9.23. The number of allylic oxidation sites excluding steroid dienone is 1. The van der Waals surface area contributed by atoms with E-state index in [0.29, 0.717) is 21.3 Å². The smallest absolute Gasteiger partial charge is 0.224 e. The molecule has 0 bridgehead atoms. The highest BCUT2D eigenvalue weighted by molar-refractivity contribution is 9.10. The summed E-state index contributed by atoms with van der Waals surface area (Å²) in [4.78, 5) is 12.0. The van der Waals surface area contributed by atoms with E-state index in [1.807, 2.05) is 18.2 Å². The van der Waals surface area contributed by atoms with Gasteiger partial charge in [0.2, 0.25) is 5.28 Å². The molecule has 0 spiro atoms. The second-order valence-corrected chi connectivity index (χ2v) is 9.93. The van der Waals surface area contributed by atoms with Crippen LogP contribution in [0.3, 0.4) is 0 Å². The Bertz CT molecular complexity index is 894. The van der Waals surface area contributed by atoms with Gasteiger partial charge < -0.3 is 15.6 Å². The maximum Gasteiger partial charge on any atom is 0.224 e. The normalized spacial score (nSPS) is 12.6. The first-order chi connectivity index (χ1) is 11.8. The fourth-order valence-electron chi connectivity index (χ4n) is 2.18. The lowest BCUT2D eigenvalue weighted by molar-refractivity contribution is 0.588. The summed E-state index contributed by atoms with van der Waals surface area (Å²) < 4.78 is 13.5. The standard InChI is InChI=1S/C16H18BrClN5OP/c1-20-8-11(7-19)10-4-5-13(14(6-10)25(2,3)24)22-15-12(17)9-21-16(18)23-15/h4-9H,19H2,1-3H3,(H,21,22,23). The fourth-order valence-corrected chi connectivity index (χ4v) is 3.76. The van der Waals surface area contributed by atoms with Gasteiger partial charge >= 0.3 is 0 Å². The molecule has 0 aliphatic carbocycles. The average molecular weight is 443 g/mol. The molecule has 0 radical (unpaired) electrons. The number of nitrogens with one attached hydrogen (secondary N) is 1. The van der Waals surface area contributed by atoms with Gasteiger partial charge in [-0.3, -0.25) is 4.99 Å². The lowest BCUT2D eigenvalue weighted by Crippen LogP contribution is -2.12. The molecular weight excluding hydrogens is 425 g/mol. The Morgan fingerprint density at radius 3 is 2.76 bits per heavy atom. The summed E-state index contributed by atoms with van der Waals surface area (Å²) in [6, 6.07) is 5.55. The predicted octanol–water partition coefficient (Wildman–Crippen LogP) is 3.88. The Kier molecular flexibility index (Phi) is 6.38. The van der Waals surface area contributed by atoms with E-state index in [0.717, 1.165) is 11.1 Å². The molecule has 0 aliphatic rings. The van der Waals surface area contributed by atoms with Crippen LogP contribution < -0.4 is 16.4 Å². The number of anilines is 2. The molecule has 1 aromatic carbocycles. The zero-order valence-corrected chi connectivity index (χ0v) is 17.2. The van der Waals surface area contributed by atoms with E-state index in [1.165, 1.54) is 6.20 Å². The molecule has 0 amide bonds. The number of rotatable bonds is 5. The van der Waals surface area contributed by atoms with E-state index >= 15 is 0 Å². The highest BCUT2D eigenvalue weighted by atomic mass is 79.9. The Morgan fingerprint density at radius 2 is 2.16 bits per heavy atom. The second kappa shape index (κ2) is 8.13. The van der Waals surface area contributed by atoms with Gasteiger partial charge in [0.05, 0.1) is 10.2 Å². The number of nitrogens with two attached hydrogens (primary N) is 1. The van der Waals surface area contributed by atoms with Crippen molar-refractivity contribution in [3.05, 3.63) is 45.9 Å². The summed E-state index contributed by atoms with van der Waals surface area (Å²) in [5.41, 5.74) is 7.93. The number of hydrogen-bond acceptors (Lipinski definition) is 6. The van der Waals surface area contributed by atoms with Gasteiger partial charge in [-0.25, -0.2) is 4.98 Å². The van der Waals surface area contributed by atoms with Gasteiger partial charge in [0.15, 0.2) is 0 Å². The Hall–Kier alpha value is -1.69. The van der Waals surface area contributed by atoms with Crippen molar-refractivity contribution in [1.82, 2.24) is 9.97 Å². The van der Waals surface area contributed by atoms with Crippen LogP contribution in [0.5, 0.6) is 0 Å². The van der Waals surface area contributed by atoms with Gasteiger partial charge in [0, 0.05) is 36.5 Å². The molecule has 1 heterocycles. The highest BCUT2D eigenvalue weighted by Crippen LogP contribution is 2.39. The van der Waals surface area contributed by atoms with Crippen LogP contribution in [0, 0.1) is 0 Å². The topological polar surface area (TPSA) is 93.3 Å². The van der Waals surface area contributed by atoms with E-state index in [-0.39, 0.29) is 5.28 Å². The van der Waals surface area contributed by atoms with Crippen LogP contribution in [0.4, 0.5) is 11.5 Å². The van der Waals surface area contributed by atoms with Crippen LogP contribution in [0.1, 0.15) is 5.56 Å². The van der Waals surface area contributed by atoms with Crippen molar-refractivity contribution in [3.8, 4) is 0 Å². The van der Waals surface area contributed by atoms with Crippen LogP contribution >= 0.6 is 34.7 Å². The third kappa shape index (κ3) is 4.91. The van der Waals surface area contributed by atoms with Crippen molar-refractivity contribution in [2.24, 2.45) is 10.7 Å². The molecule has 0 saturated heterocycles. The summed E-state index contributed by atoms with van der Waals surface area (Å²) in [5, 5.41) is 3.96. The molecule has 0 aliphatic heterocycles. The number of halogens is 2. The zero-order chi connectivity index (χ0) is 18.6. The van der Waals surface area contributed by atoms with Crippen LogP contribution in [-0.2, 0) is 4.57 Å². The summed E-state index contributed by atoms with van der Waals surface area (Å²) in [6.45, 7) is 3.41. The molecule has 6 nitrogen and oxygen atoms in total. The lowest BCUT2D eigenvalue weighted by atomic mass is 10.1. The van der Waals surface area contributed by atoms with E-state index in [2.05, 4.69) is 36.2 Å². The number of benzene rings is 1. The van der Waals surface area contributed by atoms with E-state index in [1.54, 1.807) is 32.8 Å². The van der Waals surface area contributed by atoms with E-state index in [4.69, 9.17) is 17.3 Å². The third-order valence-electron chi connectivity index (χ3n) is 3.33. The van der Waals surface area contributed by atoms with Gasteiger partial charge in [-0.15, -0.1) is 0 Å². The molecule has 0 unspecified atom stereocenters. The summed E-state index contributed by atoms with van der Waals surface area (Å²) in [7, 11) is -0.915. The quantitative estimate of drug-likeness (QED) is 0.416. The summed E-state index contributed by atoms with van der Waals surface area (Å²) in [6.07, 6.45) is 4.68. The van der Waals surface area contributed by atoms with Gasteiger partial charge in [-0.2, -0.15) is 4.98 Å². The van der Waals surface area contributed by atoms with E-state index < -0.39 is 7.14 Å². The first-order valence-electron chi connectivity index (χ1n) is 7.25. The first kappa shape index (κ1) is 19.6. The van der Waals surface area contributed by atoms with Crippen molar-refractivity contribution in [1.29, 1.82) is 0 Å². The van der Waals surface area contributed by atoms with Gasteiger partial charge in [-0.1, -0.05) is 6.07 Å². The minimum atomic E-state index is -2.58. The number of hydrogen-bond donors (Lipinski definition) is 2. The van der Waals surface area contributed by atoms with Crippen molar-refractivity contribution >= 4 is 63.3 Å². The largest absolute Gasteiger partial charge is 0.404 e. The molecule has 9 heteroatoms. The Labute approximate surface area is 160 Å². The molecule has 0 saturated carbocycles. The van der Waals surface area contributed by atoms with Crippen LogP contribution in [0.2, 0.25) is 5.28 Å². The molecule has 132 valence electrons. The molecule has 25 heavy (non-hydrogen) atoms. The van der Waals surface area contributed by atoms with Crippen molar-refractivity contribution < 1.29 is 4.57 Å².